The molecule has 0 unspecified atom stereocenters. The third kappa shape index (κ3) is 2.67. The van der Waals surface area contributed by atoms with Crippen LogP contribution in [-0.4, -0.2) is 13.2 Å². The highest BCUT2D eigenvalue weighted by Crippen LogP contribution is 2.33. The van der Waals surface area contributed by atoms with Gasteiger partial charge in [0.25, 0.3) is 0 Å². The van der Waals surface area contributed by atoms with Crippen molar-refractivity contribution < 1.29 is 9.88 Å². The first-order chi connectivity index (χ1) is 6.58. The molecule has 0 heterocycles. The maximum Gasteiger partial charge on any atom is 0.0732 e. The Morgan fingerprint density at radius 2 is 2.29 bits per heavy atom. The summed E-state index contributed by atoms with van der Waals surface area (Å²) in [5.41, 5.74) is 4.25. The summed E-state index contributed by atoms with van der Waals surface area (Å²) in [5.74, 6) is 0. The Hall–Kier alpha value is -0.640. The summed E-state index contributed by atoms with van der Waals surface area (Å²) in [4.78, 5) is 9.27. The van der Waals surface area contributed by atoms with Gasteiger partial charge in [-0.25, -0.2) is 4.89 Å². The molecule has 2 atom stereocenters. The first-order valence-corrected chi connectivity index (χ1v) is 4.89. The van der Waals surface area contributed by atoms with E-state index in [9.17, 15) is 0 Å². The monoisotopic (exact) mass is 197 g/mol. The molecule has 0 spiro atoms. The van der Waals surface area contributed by atoms with Crippen LogP contribution in [0, 0.1) is 5.41 Å². The zero-order valence-electron chi connectivity index (χ0n) is 9.33. The summed E-state index contributed by atoms with van der Waals surface area (Å²) in [6.07, 6.45) is 7.63. The number of allylic oxidation sites excluding steroid dienone is 3. The molecule has 0 radical (unpaired) electrons. The van der Waals surface area contributed by atoms with Crippen molar-refractivity contribution in [2.75, 3.05) is 7.11 Å². The molecule has 0 aromatic heterocycles. The molecule has 0 bridgehead atoms. The Morgan fingerprint density at radius 3 is 2.86 bits per heavy atom. The number of hydroxylamine groups is 1. The third-order valence-electron chi connectivity index (χ3n) is 2.79. The Labute approximate surface area is 85.7 Å². The van der Waals surface area contributed by atoms with E-state index >= 15 is 0 Å². The van der Waals surface area contributed by atoms with Crippen LogP contribution < -0.4 is 5.48 Å². The largest absolute Gasteiger partial charge is 0.221 e. The zero-order chi connectivity index (χ0) is 10.6. The lowest BCUT2D eigenvalue weighted by Crippen LogP contribution is -2.40. The SMILES string of the molecule is COON[C@@H](C)[C@]1(C)C=C(C)C=CC1. The molecule has 1 aliphatic carbocycles. The molecule has 0 aromatic carbocycles. The minimum Gasteiger partial charge on any atom is -0.221 e. The highest BCUT2D eigenvalue weighted by Gasteiger charge is 2.29. The molecule has 0 saturated heterocycles. The summed E-state index contributed by atoms with van der Waals surface area (Å²) in [7, 11) is 1.49. The first-order valence-electron chi connectivity index (χ1n) is 4.89. The Kier molecular flexibility index (Phi) is 3.86. The van der Waals surface area contributed by atoms with Crippen LogP contribution in [0.3, 0.4) is 0 Å². The second kappa shape index (κ2) is 4.73. The van der Waals surface area contributed by atoms with Crippen molar-refractivity contribution in [2.45, 2.75) is 33.2 Å². The molecule has 0 aromatic rings. The molecule has 0 saturated carbocycles. The Morgan fingerprint density at radius 1 is 1.57 bits per heavy atom. The van der Waals surface area contributed by atoms with Gasteiger partial charge in [0, 0.05) is 11.5 Å². The smallest absolute Gasteiger partial charge is 0.0732 e. The van der Waals surface area contributed by atoms with Gasteiger partial charge in [0.05, 0.1) is 7.11 Å². The van der Waals surface area contributed by atoms with E-state index < -0.39 is 0 Å². The highest BCUT2D eigenvalue weighted by atomic mass is 17.3. The maximum atomic E-state index is 4.75. The molecular formula is C11H19NO2. The number of hydrogen-bond donors (Lipinski definition) is 1. The number of hydrogen-bond acceptors (Lipinski definition) is 3. The van der Waals surface area contributed by atoms with Crippen LogP contribution in [0.4, 0.5) is 0 Å². The lowest BCUT2D eigenvalue weighted by atomic mass is 9.76. The van der Waals surface area contributed by atoms with Gasteiger partial charge in [-0.05, 0) is 20.3 Å². The quantitative estimate of drug-likeness (QED) is 0.554. The van der Waals surface area contributed by atoms with Gasteiger partial charge in [-0.1, -0.05) is 30.7 Å². The predicted molar refractivity (Wildman–Crippen MR) is 56.3 cm³/mol. The van der Waals surface area contributed by atoms with E-state index in [1.54, 1.807) is 0 Å². The summed E-state index contributed by atoms with van der Waals surface area (Å²) in [6, 6.07) is 0.211. The van der Waals surface area contributed by atoms with Crippen molar-refractivity contribution in [2.24, 2.45) is 5.41 Å². The normalized spacial score (nSPS) is 28.7. The lowest BCUT2D eigenvalue weighted by molar-refractivity contribution is -0.326. The topological polar surface area (TPSA) is 30.5 Å². The lowest BCUT2D eigenvalue weighted by Gasteiger charge is -2.33. The van der Waals surface area contributed by atoms with Gasteiger partial charge >= 0.3 is 0 Å². The molecule has 1 N–H and O–H groups in total. The summed E-state index contributed by atoms with van der Waals surface area (Å²) < 4.78 is 0. The van der Waals surface area contributed by atoms with Crippen molar-refractivity contribution in [3.63, 3.8) is 0 Å². The first kappa shape index (κ1) is 11.4. The van der Waals surface area contributed by atoms with Gasteiger partial charge in [-0.3, -0.25) is 0 Å². The summed E-state index contributed by atoms with van der Waals surface area (Å²) in [6.45, 7) is 6.40. The van der Waals surface area contributed by atoms with Crippen LogP contribution >= 0.6 is 0 Å². The van der Waals surface area contributed by atoms with Crippen LogP contribution in [0.25, 0.3) is 0 Å². The maximum absolute atomic E-state index is 4.75. The molecule has 14 heavy (non-hydrogen) atoms. The van der Waals surface area contributed by atoms with Crippen molar-refractivity contribution in [3.05, 3.63) is 23.8 Å². The minimum atomic E-state index is 0.0946. The standard InChI is InChI=1S/C11H19NO2/c1-9-6-5-7-11(3,8-9)10(2)12-14-13-4/h5-6,8,10,12H,7H2,1-4H3/t10-,11-/m0/s1. The Balaban J connectivity index is 2.61. The highest BCUT2D eigenvalue weighted by molar-refractivity contribution is 5.25. The molecule has 3 heteroatoms. The predicted octanol–water partition coefficient (Wildman–Crippen LogP) is 2.37. The summed E-state index contributed by atoms with van der Waals surface area (Å²) >= 11 is 0. The van der Waals surface area contributed by atoms with E-state index in [1.165, 1.54) is 12.7 Å². The van der Waals surface area contributed by atoms with Gasteiger partial charge in [-0.15, -0.1) is 4.99 Å². The molecule has 1 rings (SSSR count). The fraction of sp³-hybridized carbons (Fsp3) is 0.636. The fourth-order valence-corrected chi connectivity index (χ4v) is 1.68. The van der Waals surface area contributed by atoms with Crippen molar-refractivity contribution in [3.8, 4) is 0 Å². The molecule has 3 nitrogen and oxygen atoms in total. The van der Waals surface area contributed by atoms with Gasteiger partial charge < -0.3 is 0 Å². The molecule has 0 aliphatic heterocycles. The second-order valence-corrected chi connectivity index (χ2v) is 4.09. The number of rotatable bonds is 4. The molecule has 0 fully saturated rings. The average molecular weight is 197 g/mol. The van der Waals surface area contributed by atoms with E-state index in [2.05, 4.69) is 49.4 Å². The van der Waals surface area contributed by atoms with Gasteiger partial charge in [0.15, 0.2) is 0 Å². The van der Waals surface area contributed by atoms with E-state index in [-0.39, 0.29) is 11.5 Å². The fourth-order valence-electron chi connectivity index (χ4n) is 1.68. The van der Waals surface area contributed by atoms with Crippen LogP contribution in [0.5, 0.6) is 0 Å². The van der Waals surface area contributed by atoms with Crippen LogP contribution in [0.15, 0.2) is 23.8 Å². The molecule has 0 amide bonds. The van der Waals surface area contributed by atoms with Crippen molar-refractivity contribution >= 4 is 0 Å². The number of nitrogens with one attached hydrogen (secondary N) is 1. The zero-order valence-corrected chi connectivity index (χ0v) is 9.33. The summed E-state index contributed by atoms with van der Waals surface area (Å²) in [5, 5.41) is 0. The van der Waals surface area contributed by atoms with E-state index in [4.69, 9.17) is 4.99 Å². The molecular weight excluding hydrogens is 178 g/mol. The average Bonchev–Trinajstić information content (AvgIpc) is 2.13. The molecule has 1 aliphatic rings. The van der Waals surface area contributed by atoms with Crippen molar-refractivity contribution in [1.29, 1.82) is 0 Å². The Bertz CT molecular complexity index is 248. The van der Waals surface area contributed by atoms with E-state index in [0.29, 0.717) is 0 Å². The van der Waals surface area contributed by atoms with Gasteiger partial charge in [0.1, 0.15) is 0 Å². The van der Waals surface area contributed by atoms with Crippen LogP contribution in [-0.2, 0) is 9.88 Å². The third-order valence-corrected chi connectivity index (χ3v) is 2.79. The van der Waals surface area contributed by atoms with Gasteiger partial charge in [0.2, 0.25) is 0 Å². The van der Waals surface area contributed by atoms with Crippen LogP contribution in [0.2, 0.25) is 0 Å². The van der Waals surface area contributed by atoms with Gasteiger partial charge in [-0.2, -0.15) is 5.48 Å². The van der Waals surface area contributed by atoms with Crippen molar-refractivity contribution in [1.82, 2.24) is 5.48 Å². The second-order valence-electron chi connectivity index (χ2n) is 4.09. The van der Waals surface area contributed by atoms with Crippen LogP contribution in [0.1, 0.15) is 27.2 Å². The van der Waals surface area contributed by atoms with E-state index in [0.717, 1.165) is 6.42 Å². The van der Waals surface area contributed by atoms with E-state index in [1.807, 2.05) is 0 Å². The molecule has 80 valence electrons. The minimum absolute atomic E-state index is 0.0946.